The van der Waals surface area contributed by atoms with Crippen molar-refractivity contribution in [3.8, 4) is 0 Å². The predicted octanol–water partition coefficient (Wildman–Crippen LogP) is 1.07. The van der Waals surface area contributed by atoms with Crippen molar-refractivity contribution in [3.05, 3.63) is 18.1 Å². The molecule has 1 fully saturated rings. The largest absolute Gasteiger partial charge is 0.476 e. The zero-order chi connectivity index (χ0) is 12.8. The summed E-state index contributed by atoms with van der Waals surface area (Å²) in [5.41, 5.74) is -0.0300. The van der Waals surface area contributed by atoms with Gasteiger partial charge in [-0.25, -0.2) is 14.8 Å². The molecule has 0 radical (unpaired) electrons. The van der Waals surface area contributed by atoms with Crippen LogP contribution in [0.2, 0.25) is 0 Å². The van der Waals surface area contributed by atoms with E-state index in [4.69, 9.17) is 5.11 Å². The van der Waals surface area contributed by atoms with Gasteiger partial charge in [-0.2, -0.15) is 0 Å². The highest BCUT2D eigenvalue weighted by atomic mass is 16.4. The van der Waals surface area contributed by atoms with E-state index in [1.54, 1.807) is 0 Å². The molecule has 0 aliphatic carbocycles. The molecule has 2 N–H and O–H groups in total. The predicted molar refractivity (Wildman–Crippen MR) is 67.8 cm³/mol. The molecule has 1 aliphatic rings. The Kier molecular flexibility index (Phi) is 4.46. The molecule has 0 aromatic carbocycles. The van der Waals surface area contributed by atoms with E-state index in [9.17, 15) is 4.79 Å². The molecule has 1 saturated heterocycles. The van der Waals surface area contributed by atoms with E-state index in [-0.39, 0.29) is 5.69 Å². The first-order valence-corrected chi connectivity index (χ1v) is 6.27. The Morgan fingerprint density at radius 2 is 2.11 bits per heavy atom. The first-order chi connectivity index (χ1) is 8.75. The number of anilines is 1. The molecule has 6 nitrogen and oxygen atoms in total. The van der Waals surface area contributed by atoms with Gasteiger partial charge in [0.15, 0.2) is 5.69 Å². The molecular weight excluding hydrogens is 232 g/mol. The second kappa shape index (κ2) is 6.30. The van der Waals surface area contributed by atoms with E-state index in [1.165, 1.54) is 38.3 Å². The molecule has 0 bridgehead atoms. The molecular formula is C12H18N4O2. The second-order valence-corrected chi connectivity index (χ2v) is 4.42. The lowest BCUT2D eigenvalue weighted by Gasteiger charge is -2.14. The van der Waals surface area contributed by atoms with Gasteiger partial charge in [-0.05, 0) is 38.9 Å². The Morgan fingerprint density at radius 3 is 2.72 bits per heavy atom. The van der Waals surface area contributed by atoms with Gasteiger partial charge in [0.25, 0.3) is 0 Å². The molecule has 1 aromatic heterocycles. The topological polar surface area (TPSA) is 78.3 Å². The first-order valence-electron chi connectivity index (χ1n) is 6.27. The van der Waals surface area contributed by atoms with Crippen molar-refractivity contribution in [1.29, 1.82) is 0 Å². The van der Waals surface area contributed by atoms with Gasteiger partial charge in [-0.15, -0.1) is 0 Å². The third-order valence-corrected chi connectivity index (χ3v) is 3.03. The van der Waals surface area contributed by atoms with E-state index < -0.39 is 5.97 Å². The van der Waals surface area contributed by atoms with Crippen LogP contribution in [-0.2, 0) is 0 Å². The summed E-state index contributed by atoms with van der Waals surface area (Å²) >= 11 is 0. The summed E-state index contributed by atoms with van der Waals surface area (Å²) in [5, 5.41) is 11.8. The number of likely N-dealkylation sites (tertiary alicyclic amines) is 1. The summed E-state index contributed by atoms with van der Waals surface area (Å²) < 4.78 is 0. The fourth-order valence-electron chi connectivity index (χ4n) is 2.06. The molecule has 6 heteroatoms. The monoisotopic (exact) mass is 250 g/mol. The first kappa shape index (κ1) is 12.8. The molecule has 0 saturated carbocycles. The smallest absolute Gasteiger partial charge is 0.356 e. The summed E-state index contributed by atoms with van der Waals surface area (Å²) in [5.74, 6) is -0.426. The average Bonchev–Trinajstić information content (AvgIpc) is 2.88. The van der Waals surface area contributed by atoms with Crippen molar-refractivity contribution in [2.45, 2.75) is 19.3 Å². The molecule has 1 aromatic rings. The number of nitrogens with one attached hydrogen (secondary N) is 1. The fourth-order valence-corrected chi connectivity index (χ4v) is 2.06. The fraction of sp³-hybridized carbons (Fsp3) is 0.583. The lowest BCUT2D eigenvalue weighted by molar-refractivity contribution is 0.0690. The molecule has 0 amide bonds. The van der Waals surface area contributed by atoms with E-state index in [0.717, 1.165) is 19.5 Å². The van der Waals surface area contributed by atoms with Crippen molar-refractivity contribution in [1.82, 2.24) is 14.9 Å². The maximum absolute atomic E-state index is 10.6. The number of hydrogen-bond acceptors (Lipinski definition) is 5. The van der Waals surface area contributed by atoms with Gasteiger partial charge in [0, 0.05) is 6.54 Å². The minimum Gasteiger partial charge on any atom is -0.476 e. The maximum Gasteiger partial charge on any atom is 0.356 e. The quantitative estimate of drug-likeness (QED) is 0.735. The van der Waals surface area contributed by atoms with Crippen molar-refractivity contribution in [2.24, 2.45) is 0 Å². The highest BCUT2D eigenvalue weighted by Gasteiger charge is 2.10. The van der Waals surface area contributed by atoms with E-state index in [1.807, 2.05) is 0 Å². The summed E-state index contributed by atoms with van der Waals surface area (Å²) in [6, 6.07) is 0. The lowest BCUT2D eigenvalue weighted by Crippen LogP contribution is -2.22. The van der Waals surface area contributed by atoms with Gasteiger partial charge in [-0.1, -0.05) is 0 Å². The normalized spacial score (nSPS) is 15.8. The molecule has 1 aliphatic heterocycles. The zero-order valence-corrected chi connectivity index (χ0v) is 10.3. The number of aromatic nitrogens is 2. The van der Waals surface area contributed by atoms with Crippen LogP contribution in [0.1, 0.15) is 29.8 Å². The van der Waals surface area contributed by atoms with Crippen LogP contribution in [-0.4, -0.2) is 52.1 Å². The minimum absolute atomic E-state index is 0.0300. The van der Waals surface area contributed by atoms with Crippen LogP contribution in [0.3, 0.4) is 0 Å². The summed E-state index contributed by atoms with van der Waals surface area (Å²) in [4.78, 5) is 20.9. The number of carbonyl (C=O) groups is 1. The molecule has 2 rings (SSSR count). The average molecular weight is 250 g/mol. The van der Waals surface area contributed by atoms with Gasteiger partial charge in [0.1, 0.15) is 5.82 Å². The Hall–Kier alpha value is -1.69. The van der Waals surface area contributed by atoms with Gasteiger partial charge in [0.05, 0.1) is 12.4 Å². The number of aromatic carboxylic acids is 1. The van der Waals surface area contributed by atoms with Gasteiger partial charge >= 0.3 is 5.97 Å². The van der Waals surface area contributed by atoms with Crippen LogP contribution >= 0.6 is 0 Å². The Labute approximate surface area is 106 Å². The number of carboxylic acid groups (broad SMARTS) is 1. The van der Waals surface area contributed by atoms with Crippen molar-refractivity contribution in [2.75, 3.05) is 31.5 Å². The Bertz CT molecular complexity index is 388. The van der Waals surface area contributed by atoms with Crippen molar-refractivity contribution in [3.63, 3.8) is 0 Å². The number of rotatable bonds is 6. The molecule has 18 heavy (non-hydrogen) atoms. The van der Waals surface area contributed by atoms with Crippen LogP contribution in [0.15, 0.2) is 12.4 Å². The Morgan fingerprint density at radius 1 is 1.33 bits per heavy atom. The van der Waals surface area contributed by atoms with E-state index >= 15 is 0 Å². The van der Waals surface area contributed by atoms with Crippen molar-refractivity contribution < 1.29 is 9.90 Å². The summed E-state index contributed by atoms with van der Waals surface area (Å²) in [7, 11) is 0. The van der Waals surface area contributed by atoms with E-state index in [2.05, 4.69) is 20.2 Å². The Balaban J connectivity index is 1.68. The maximum atomic E-state index is 10.6. The standard InChI is InChI=1S/C12H18N4O2/c17-12(18)10-8-15-11(9-14-10)13-4-3-7-16-5-1-2-6-16/h8-9H,1-7H2,(H,13,15)(H,17,18). The van der Waals surface area contributed by atoms with E-state index in [0.29, 0.717) is 5.82 Å². The summed E-state index contributed by atoms with van der Waals surface area (Å²) in [6.07, 6.45) is 6.41. The van der Waals surface area contributed by atoms with Crippen LogP contribution < -0.4 is 5.32 Å². The number of nitrogens with zero attached hydrogens (tertiary/aromatic N) is 3. The highest BCUT2D eigenvalue weighted by Crippen LogP contribution is 2.07. The third kappa shape index (κ3) is 3.66. The lowest BCUT2D eigenvalue weighted by atomic mass is 10.4. The van der Waals surface area contributed by atoms with Crippen LogP contribution in [0.5, 0.6) is 0 Å². The van der Waals surface area contributed by atoms with Crippen LogP contribution in [0.25, 0.3) is 0 Å². The van der Waals surface area contributed by atoms with Crippen LogP contribution in [0.4, 0.5) is 5.82 Å². The van der Waals surface area contributed by atoms with Crippen molar-refractivity contribution >= 4 is 11.8 Å². The van der Waals surface area contributed by atoms with Gasteiger partial charge in [-0.3, -0.25) is 0 Å². The number of hydrogen-bond donors (Lipinski definition) is 2. The van der Waals surface area contributed by atoms with Gasteiger partial charge in [0.2, 0.25) is 0 Å². The molecule has 0 atom stereocenters. The highest BCUT2D eigenvalue weighted by molar-refractivity contribution is 5.84. The molecule has 98 valence electrons. The SMILES string of the molecule is O=C(O)c1cnc(NCCCN2CCCC2)cn1. The number of carboxylic acids is 1. The molecule has 0 unspecified atom stereocenters. The molecule has 2 heterocycles. The minimum atomic E-state index is -1.05. The summed E-state index contributed by atoms with van der Waals surface area (Å²) in [6.45, 7) is 4.37. The molecule has 0 spiro atoms. The van der Waals surface area contributed by atoms with Crippen LogP contribution in [0, 0.1) is 0 Å². The third-order valence-electron chi connectivity index (χ3n) is 3.03. The second-order valence-electron chi connectivity index (χ2n) is 4.42. The van der Waals surface area contributed by atoms with Gasteiger partial charge < -0.3 is 15.3 Å². The zero-order valence-electron chi connectivity index (χ0n) is 10.3.